The van der Waals surface area contributed by atoms with E-state index in [1.165, 1.54) is 19.3 Å². The minimum Gasteiger partial charge on any atom is -0.378 e. The minimum absolute atomic E-state index is 0.0104. The number of hydrogen-bond acceptors (Lipinski definition) is 7. The Morgan fingerprint density at radius 2 is 2.36 bits per heavy atom. The second-order valence-corrected chi connectivity index (χ2v) is 5.77. The van der Waals surface area contributed by atoms with Gasteiger partial charge in [0, 0.05) is 12.3 Å². The van der Waals surface area contributed by atoms with Crippen LogP contribution in [0.1, 0.15) is 12.8 Å². The van der Waals surface area contributed by atoms with Crippen molar-refractivity contribution in [3.05, 3.63) is 45.5 Å². The molecular weight excluding hydrogens is 356 g/mol. The average Bonchev–Trinajstić information content (AvgIpc) is 3.08. The van der Waals surface area contributed by atoms with Gasteiger partial charge in [0.2, 0.25) is 5.82 Å². The highest BCUT2D eigenvalue weighted by molar-refractivity contribution is 9.10. The molecule has 0 saturated carbocycles. The van der Waals surface area contributed by atoms with Crippen molar-refractivity contribution < 1.29 is 9.63 Å². The van der Waals surface area contributed by atoms with E-state index >= 15 is 0 Å². The molecule has 114 valence electrons. The van der Waals surface area contributed by atoms with Crippen LogP contribution in [0, 0.1) is 0 Å². The van der Waals surface area contributed by atoms with Crippen LogP contribution >= 0.6 is 15.9 Å². The van der Waals surface area contributed by atoms with Gasteiger partial charge < -0.3 is 14.6 Å². The molecule has 0 radical (unpaired) electrons. The van der Waals surface area contributed by atoms with Gasteiger partial charge in [-0.25, -0.2) is 4.98 Å². The van der Waals surface area contributed by atoms with Crippen molar-refractivity contribution >= 4 is 15.9 Å². The fraction of sp³-hybridized carbons (Fsp3) is 0.250. The van der Waals surface area contributed by atoms with Crippen LogP contribution in [0.25, 0.3) is 11.5 Å². The van der Waals surface area contributed by atoms with Gasteiger partial charge in [0.05, 0.1) is 23.5 Å². The van der Waals surface area contributed by atoms with E-state index in [1.54, 1.807) is 17.1 Å². The number of aliphatic hydroxyl groups is 1. The van der Waals surface area contributed by atoms with Crippen LogP contribution in [-0.4, -0.2) is 35.0 Å². The number of halogens is 1. The quantitative estimate of drug-likeness (QED) is 0.695. The summed E-state index contributed by atoms with van der Waals surface area (Å²) in [6.45, 7) is 1.66. The number of rotatable bonds is 4. The molecule has 0 aliphatic rings. The van der Waals surface area contributed by atoms with Crippen LogP contribution in [0.4, 0.5) is 0 Å². The normalized spacial score (nSPS) is 14.0. The molecule has 3 rings (SSSR count). The summed E-state index contributed by atoms with van der Waals surface area (Å²) in [4.78, 5) is 21.7. The maximum Gasteiger partial charge on any atom is 0.260 e. The van der Waals surface area contributed by atoms with E-state index in [0.717, 1.165) is 4.47 Å². The summed E-state index contributed by atoms with van der Waals surface area (Å²) in [6.07, 6.45) is 4.56. The Morgan fingerprint density at radius 3 is 3.05 bits per heavy atom. The standard InChI is InChI=1S/C12H11BrN6O3/c1-12(21,5-19-4-7(13)3-16-19)11-17-10(18-22-11)8-2-9(20)15-6-14-8/h2-4,6,21H,5H2,1H3,(H,14,15,20). The van der Waals surface area contributed by atoms with E-state index in [4.69, 9.17) is 4.52 Å². The highest BCUT2D eigenvalue weighted by Gasteiger charge is 2.31. The van der Waals surface area contributed by atoms with Crippen molar-refractivity contribution in [1.82, 2.24) is 29.9 Å². The number of nitrogens with one attached hydrogen (secondary N) is 1. The first-order valence-electron chi connectivity index (χ1n) is 6.24. The molecule has 0 aliphatic heterocycles. The molecule has 10 heteroatoms. The first-order valence-corrected chi connectivity index (χ1v) is 7.03. The van der Waals surface area contributed by atoms with Crippen LogP contribution in [0.15, 0.2) is 38.6 Å². The van der Waals surface area contributed by atoms with E-state index in [-0.39, 0.29) is 29.5 Å². The summed E-state index contributed by atoms with van der Waals surface area (Å²) in [6, 6.07) is 1.24. The van der Waals surface area contributed by atoms with Gasteiger partial charge in [-0.15, -0.1) is 0 Å². The molecule has 0 aromatic carbocycles. The Hall–Kier alpha value is -2.33. The fourth-order valence-electron chi connectivity index (χ4n) is 1.84. The van der Waals surface area contributed by atoms with Gasteiger partial charge in [-0.3, -0.25) is 9.48 Å². The van der Waals surface area contributed by atoms with E-state index < -0.39 is 5.60 Å². The van der Waals surface area contributed by atoms with Gasteiger partial charge >= 0.3 is 0 Å². The molecule has 3 aromatic rings. The van der Waals surface area contributed by atoms with Crippen molar-refractivity contribution in [3.8, 4) is 11.5 Å². The summed E-state index contributed by atoms with van der Waals surface area (Å²) in [7, 11) is 0. The maximum absolute atomic E-state index is 11.3. The predicted octanol–water partition coefficient (Wildman–Crippen LogP) is 0.687. The van der Waals surface area contributed by atoms with E-state index in [2.05, 4.69) is 41.1 Å². The molecule has 2 N–H and O–H groups in total. The SMILES string of the molecule is CC(O)(Cn1cc(Br)cn1)c1nc(-c2cc(=O)[nH]cn2)no1. The molecule has 0 spiro atoms. The zero-order valence-electron chi connectivity index (χ0n) is 11.4. The Bertz CT molecular complexity index is 852. The van der Waals surface area contributed by atoms with E-state index in [9.17, 15) is 9.90 Å². The summed E-state index contributed by atoms with van der Waals surface area (Å²) < 4.78 is 7.42. The molecule has 1 unspecified atom stereocenters. The number of hydrogen-bond donors (Lipinski definition) is 2. The van der Waals surface area contributed by atoms with Crippen molar-refractivity contribution in [1.29, 1.82) is 0 Å². The van der Waals surface area contributed by atoms with E-state index in [0.29, 0.717) is 0 Å². The lowest BCUT2D eigenvalue weighted by Crippen LogP contribution is -2.28. The summed E-state index contributed by atoms with van der Waals surface area (Å²) in [5.41, 5.74) is -1.49. The largest absolute Gasteiger partial charge is 0.378 e. The molecule has 1 atom stereocenters. The second-order valence-electron chi connectivity index (χ2n) is 4.85. The molecule has 0 amide bonds. The summed E-state index contributed by atoms with van der Waals surface area (Å²) >= 11 is 3.28. The first-order chi connectivity index (χ1) is 10.4. The Kier molecular flexibility index (Phi) is 3.62. The Balaban J connectivity index is 1.87. The van der Waals surface area contributed by atoms with Crippen molar-refractivity contribution in [3.63, 3.8) is 0 Å². The van der Waals surface area contributed by atoms with E-state index in [1.807, 2.05) is 0 Å². The van der Waals surface area contributed by atoms with Gasteiger partial charge in [-0.1, -0.05) is 5.16 Å². The molecule has 0 aliphatic carbocycles. The van der Waals surface area contributed by atoms with Gasteiger partial charge in [0.15, 0.2) is 5.60 Å². The predicted molar refractivity (Wildman–Crippen MR) is 77.6 cm³/mol. The third kappa shape index (κ3) is 2.97. The van der Waals surface area contributed by atoms with Crippen molar-refractivity contribution in [2.24, 2.45) is 0 Å². The zero-order valence-corrected chi connectivity index (χ0v) is 13.0. The molecule has 3 aromatic heterocycles. The topological polar surface area (TPSA) is 123 Å². The Labute approximate surface area is 132 Å². The summed E-state index contributed by atoms with van der Waals surface area (Å²) in [5.74, 6) is 0.138. The molecule has 0 saturated heterocycles. The van der Waals surface area contributed by atoms with Gasteiger partial charge in [0.1, 0.15) is 5.69 Å². The number of aromatic nitrogens is 6. The van der Waals surface area contributed by atoms with Gasteiger partial charge in [-0.2, -0.15) is 10.1 Å². The molecule has 3 heterocycles. The smallest absolute Gasteiger partial charge is 0.260 e. The monoisotopic (exact) mass is 366 g/mol. The van der Waals surface area contributed by atoms with Gasteiger partial charge in [-0.05, 0) is 22.9 Å². The highest BCUT2D eigenvalue weighted by atomic mass is 79.9. The third-order valence-electron chi connectivity index (χ3n) is 2.87. The number of H-pyrrole nitrogens is 1. The Morgan fingerprint density at radius 1 is 1.55 bits per heavy atom. The maximum atomic E-state index is 11.3. The minimum atomic E-state index is -1.42. The molecule has 9 nitrogen and oxygen atoms in total. The summed E-state index contributed by atoms with van der Waals surface area (Å²) in [5, 5.41) is 18.3. The molecular formula is C12H11BrN6O3. The average molecular weight is 367 g/mol. The lowest BCUT2D eigenvalue weighted by molar-refractivity contribution is 0.00308. The lowest BCUT2D eigenvalue weighted by Gasteiger charge is -2.18. The van der Waals surface area contributed by atoms with Crippen LogP contribution < -0.4 is 5.56 Å². The first kappa shape index (κ1) is 14.6. The fourth-order valence-corrected chi connectivity index (χ4v) is 2.17. The lowest BCUT2D eigenvalue weighted by atomic mass is 10.1. The van der Waals surface area contributed by atoms with Gasteiger partial charge in [0.25, 0.3) is 11.4 Å². The highest BCUT2D eigenvalue weighted by Crippen LogP contribution is 2.23. The number of aromatic amines is 1. The molecule has 22 heavy (non-hydrogen) atoms. The van der Waals surface area contributed by atoms with Crippen LogP contribution in [0.5, 0.6) is 0 Å². The molecule has 0 fully saturated rings. The van der Waals surface area contributed by atoms with Crippen molar-refractivity contribution in [2.45, 2.75) is 19.1 Å². The van der Waals surface area contributed by atoms with Crippen molar-refractivity contribution in [2.75, 3.05) is 0 Å². The van der Waals surface area contributed by atoms with Crippen LogP contribution in [-0.2, 0) is 12.1 Å². The zero-order chi connectivity index (χ0) is 15.7. The van der Waals surface area contributed by atoms with Crippen LogP contribution in [0.2, 0.25) is 0 Å². The van der Waals surface area contributed by atoms with Crippen LogP contribution in [0.3, 0.4) is 0 Å². The number of nitrogens with zero attached hydrogens (tertiary/aromatic N) is 5. The molecule has 0 bridgehead atoms. The third-order valence-corrected chi connectivity index (χ3v) is 3.28. The second kappa shape index (κ2) is 5.46.